The number of oxime groups is 1. The van der Waals surface area contributed by atoms with E-state index >= 15 is 0 Å². The number of nitrogens with one attached hydrogen (secondary N) is 2. The van der Waals surface area contributed by atoms with Gasteiger partial charge >= 0.3 is 0 Å². The summed E-state index contributed by atoms with van der Waals surface area (Å²) in [5.74, 6) is -0.599. The number of aryl methyl sites for hydroxylation is 1. The van der Waals surface area contributed by atoms with Crippen LogP contribution in [0, 0.1) is 6.92 Å². The lowest BCUT2D eigenvalue weighted by Crippen LogP contribution is -2.37. The van der Waals surface area contributed by atoms with Crippen LogP contribution in [0.5, 0.6) is 0 Å². The van der Waals surface area contributed by atoms with Gasteiger partial charge in [0.2, 0.25) is 6.10 Å². The summed E-state index contributed by atoms with van der Waals surface area (Å²) in [5.41, 5.74) is 3.02. The van der Waals surface area contributed by atoms with Gasteiger partial charge in [0.15, 0.2) is 0 Å². The van der Waals surface area contributed by atoms with Crippen molar-refractivity contribution in [3.8, 4) is 0 Å². The molecule has 32 heavy (non-hydrogen) atoms. The van der Waals surface area contributed by atoms with Crippen molar-refractivity contribution in [3.05, 3.63) is 63.1 Å². The van der Waals surface area contributed by atoms with Crippen molar-refractivity contribution in [2.75, 3.05) is 5.32 Å². The Balaban J connectivity index is 1.47. The lowest BCUT2D eigenvalue weighted by molar-refractivity contribution is -0.125. The van der Waals surface area contributed by atoms with E-state index in [0.29, 0.717) is 39.0 Å². The average molecular weight is 474 g/mol. The Morgan fingerprint density at radius 2 is 1.75 bits per heavy atom. The van der Waals surface area contributed by atoms with Crippen molar-refractivity contribution in [2.45, 2.75) is 57.6 Å². The van der Waals surface area contributed by atoms with Crippen LogP contribution in [0.1, 0.15) is 60.0 Å². The zero-order valence-electron chi connectivity index (χ0n) is 17.8. The van der Waals surface area contributed by atoms with Crippen LogP contribution in [0.2, 0.25) is 10.0 Å². The molecular formula is C24H25Cl2N3O3. The maximum Gasteiger partial charge on any atom is 0.268 e. The predicted molar refractivity (Wildman–Crippen MR) is 127 cm³/mol. The topological polar surface area (TPSA) is 79.8 Å². The number of carbonyl (C=O) groups excluding carboxylic acids is 2. The van der Waals surface area contributed by atoms with Gasteiger partial charge < -0.3 is 15.5 Å². The SMILES string of the molecule is Cc1cc(Cl)cc(C(=O)NC2CCCCC2)c1NC(=O)C1CC(c2ccc(Cl)cc2)=NO1. The van der Waals surface area contributed by atoms with Gasteiger partial charge in [0.1, 0.15) is 0 Å². The number of rotatable bonds is 5. The summed E-state index contributed by atoms with van der Waals surface area (Å²) in [6.45, 7) is 1.81. The van der Waals surface area contributed by atoms with Gasteiger partial charge in [0.25, 0.3) is 11.8 Å². The molecule has 0 spiro atoms. The van der Waals surface area contributed by atoms with Crippen molar-refractivity contribution in [1.29, 1.82) is 0 Å². The van der Waals surface area contributed by atoms with Crippen LogP contribution in [0.15, 0.2) is 41.6 Å². The van der Waals surface area contributed by atoms with E-state index in [1.54, 1.807) is 24.3 Å². The molecule has 0 bridgehead atoms. The second kappa shape index (κ2) is 9.92. The Kier molecular flexibility index (Phi) is 7.01. The molecule has 1 atom stereocenters. The molecule has 1 unspecified atom stereocenters. The van der Waals surface area contributed by atoms with Crippen LogP contribution >= 0.6 is 23.2 Å². The Morgan fingerprint density at radius 1 is 1.03 bits per heavy atom. The predicted octanol–water partition coefficient (Wildman–Crippen LogP) is 5.50. The van der Waals surface area contributed by atoms with Gasteiger partial charge in [-0.2, -0.15) is 0 Å². The third-order valence-corrected chi connectivity index (χ3v) is 6.34. The van der Waals surface area contributed by atoms with E-state index in [0.717, 1.165) is 31.2 Å². The van der Waals surface area contributed by atoms with Crippen LogP contribution < -0.4 is 10.6 Å². The van der Waals surface area contributed by atoms with E-state index < -0.39 is 6.10 Å². The lowest BCUT2D eigenvalue weighted by Gasteiger charge is -2.24. The fourth-order valence-electron chi connectivity index (χ4n) is 4.13. The fourth-order valence-corrected chi connectivity index (χ4v) is 4.53. The zero-order valence-corrected chi connectivity index (χ0v) is 19.3. The monoisotopic (exact) mass is 473 g/mol. The Bertz CT molecular complexity index is 1050. The fraction of sp³-hybridized carbons (Fsp3) is 0.375. The minimum absolute atomic E-state index is 0.146. The van der Waals surface area contributed by atoms with Crippen molar-refractivity contribution in [2.24, 2.45) is 5.16 Å². The Morgan fingerprint density at radius 3 is 2.47 bits per heavy atom. The van der Waals surface area contributed by atoms with Crippen LogP contribution in [-0.2, 0) is 9.63 Å². The number of amides is 2. The molecule has 1 saturated carbocycles. The van der Waals surface area contributed by atoms with E-state index in [1.165, 1.54) is 6.42 Å². The Hall–Kier alpha value is -2.57. The van der Waals surface area contributed by atoms with Gasteiger partial charge in [-0.05, 0) is 55.2 Å². The summed E-state index contributed by atoms with van der Waals surface area (Å²) < 4.78 is 0. The first-order valence-corrected chi connectivity index (χ1v) is 11.6. The van der Waals surface area contributed by atoms with Crippen molar-refractivity contribution in [3.63, 3.8) is 0 Å². The number of benzene rings is 2. The number of carbonyl (C=O) groups is 2. The highest BCUT2D eigenvalue weighted by Crippen LogP contribution is 2.28. The summed E-state index contributed by atoms with van der Waals surface area (Å²) >= 11 is 12.2. The molecule has 2 N–H and O–H groups in total. The highest BCUT2D eigenvalue weighted by atomic mass is 35.5. The number of hydrogen-bond donors (Lipinski definition) is 2. The van der Waals surface area contributed by atoms with Gasteiger partial charge in [0.05, 0.1) is 17.0 Å². The number of halogens is 2. The molecule has 2 aliphatic rings. The molecule has 0 radical (unpaired) electrons. The van der Waals surface area contributed by atoms with Crippen molar-refractivity contribution in [1.82, 2.24) is 5.32 Å². The molecule has 168 valence electrons. The molecule has 2 aromatic rings. The molecule has 1 aliphatic carbocycles. The minimum atomic E-state index is -0.787. The minimum Gasteiger partial charge on any atom is -0.382 e. The van der Waals surface area contributed by atoms with E-state index in [2.05, 4.69) is 15.8 Å². The Labute approximate surface area is 197 Å². The zero-order chi connectivity index (χ0) is 22.7. The summed E-state index contributed by atoms with van der Waals surface area (Å²) in [7, 11) is 0. The highest BCUT2D eigenvalue weighted by molar-refractivity contribution is 6.31. The largest absolute Gasteiger partial charge is 0.382 e. The summed E-state index contributed by atoms with van der Waals surface area (Å²) in [6.07, 6.45) is 4.89. The van der Waals surface area contributed by atoms with Gasteiger partial charge in [-0.15, -0.1) is 0 Å². The summed E-state index contributed by atoms with van der Waals surface area (Å²) in [5, 5.41) is 11.1. The molecule has 8 heteroatoms. The second-order valence-corrected chi connectivity index (χ2v) is 9.16. The van der Waals surface area contributed by atoms with E-state index in [9.17, 15) is 9.59 Å². The van der Waals surface area contributed by atoms with Crippen molar-refractivity contribution >= 4 is 46.4 Å². The third-order valence-electron chi connectivity index (χ3n) is 5.87. The molecule has 0 aromatic heterocycles. The summed E-state index contributed by atoms with van der Waals surface area (Å²) in [4.78, 5) is 31.4. The number of hydrogen-bond acceptors (Lipinski definition) is 4. The smallest absolute Gasteiger partial charge is 0.268 e. The standard InChI is InChI=1S/C24H25Cl2N3O3/c1-14-11-17(26)12-19(23(30)27-18-5-3-2-4-6-18)22(14)28-24(31)21-13-20(29-32-21)15-7-9-16(25)10-8-15/h7-12,18,21H,2-6,13H2,1H3,(H,27,30)(H,28,31). The molecule has 1 heterocycles. The maximum absolute atomic E-state index is 13.0. The first-order valence-electron chi connectivity index (χ1n) is 10.8. The first-order chi connectivity index (χ1) is 15.4. The third kappa shape index (κ3) is 5.25. The van der Waals surface area contributed by atoms with Gasteiger partial charge in [-0.25, -0.2) is 0 Å². The molecule has 1 fully saturated rings. The lowest BCUT2D eigenvalue weighted by atomic mass is 9.95. The molecule has 4 rings (SSSR count). The van der Waals surface area contributed by atoms with E-state index in [-0.39, 0.29) is 17.9 Å². The van der Waals surface area contributed by atoms with Crippen LogP contribution in [-0.4, -0.2) is 29.7 Å². The maximum atomic E-state index is 13.0. The quantitative estimate of drug-likeness (QED) is 0.601. The number of nitrogens with zero attached hydrogens (tertiary/aromatic N) is 1. The molecule has 2 aromatic carbocycles. The summed E-state index contributed by atoms with van der Waals surface area (Å²) in [6, 6.07) is 10.7. The first kappa shape index (κ1) is 22.6. The average Bonchev–Trinajstić information content (AvgIpc) is 3.27. The molecule has 2 amide bonds. The van der Waals surface area contributed by atoms with E-state index in [1.807, 2.05) is 19.1 Å². The number of anilines is 1. The van der Waals surface area contributed by atoms with E-state index in [4.69, 9.17) is 28.0 Å². The van der Waals surface area contributed by atoms with Gasteiger partial charge in [0, 0.05) is 22.5 Å². The second-order valence-electron chi connectivity index (χ2n) is 8.29. The molecule has 6 nitrogen and oxygen atoms in total. The highest BCUT2D eigenvalue weighted by Gasteiger charge is 2.30. The normalized spacial score (nSPS) is 18.6. The molecular weight excluding hydrogens is 449 g/mol. The van der Waals surface area contributed by atoms with Crippen LogP contribution in [0.25, 0.3) is 0 Å². The molecule has 0 saturated heterocycles. The van der Waals surface area contributed by atoms with Gasteiger partial charge in [-0.3, -0.25) is 9.59 Å². The molecule has 1 aliphatic heterocycles. The van der Waals surface area contributed by atoms with Gasteiger partial charge in [-0.1, -0.05) is 59.8 Å². The van der Waals surface area contributed by atoms with Crippen LogP contribution in [0.4, 0.5) is 5.69 Å². The van der Waals surface area contributed by atoms with Crippen molar-refractivity contribution < 1.29 is 14.4 Å². The van der Waals surface area contributed by atoms with Crippen LogP contribution in [0.3, 0.4) is 0 Å².